The van der Waals surface area contributed by atoms with Crippen LogP contribution in [0.2, 0.25) is 0 Å². The maximum Gasteiger partial charge on any atom is 0.0732 e. The standard InChI is InChI=1S/C16H14Br2O2/c17-15-5-11-1-3-13(15)9-20-8-12-2-4-14(10-19-7-11)16(18)6-12/h1-6H,7-10H2. The van der Waals surface area contributed by atoms with Gasteiger partial charge in [-0.2, -0.15) is 0 Å². The monoisotopic (exact) mass is 396 g/mol. The highest BCUT2D eigenvalue weighted by atomic mass is 79.9. The van der Waals surface area contributed by atoms with Gasteiger partial charge in [-0.25, -0.2) is 0 Å². The summed E-state index contributed by atoms with van der Waals surface area (Å²) in [7, 11) is 0. The molecule has 4 aliphatic heterocycles. The molecule has 0 saturated carbocycles. The van der Waals surface area contributed by atoms with E-state index in [9.17, 15) is 0 Å². The third-order valence-corrected chi connectivity index (χ3v) is 4.76. The molecule has 4 heterocycles. The summed E-state index contributed by atoms with van der Waals surface area (Å²) in [6, 6.07) is 12.6. The summed E-state index contributed by atoms with van der Waals surface area (Å²) >= 11 is 7.18. The minimum Gasteiger partial charge on any atom is -0.372 e. The highest BCUT2D eigenvalue weighted by molar-refractivity contribution is 9.10. The molecule has 0 atom stereocenters. The summed E-state index contributed by atoms with van der Waals surface area (Å²) in [5.74, 6) is 0. The quantitative estimate of drug-likeness (QED) is 0.625. The van der Waals surface area contributed by atoms with E-state index in [1.807, 2.05) is 0 Å². The molecular weight excluding hydrogens is 384 g/mol. The van der Waals surface area contributed by atoms with Crippen molar-refractivity contribution in [3.05, 3.63) is 67.6 Å². The van der Waals surface area contributed by atoms with Crippen LogP contribution in [-0.2, 0) is 35.9 Å². The fraction of sp³-hybridized carbons (Fsp3) is 0.250. The lowest BCUT2D eigenvalue weighted by molar-refractivity contribution is 0.102. The van der Waals surface area contributed by atoms with Gasteiger partial charge in [0.2, 0.25) is 0 Å². The van der Waals surface area contributed by atoms with E-state index in [2.05, 4.69) is 68.3 Å². The number of benzene rings is 2. The van der Waals surface area contributed by atoms with E-state index in [1.54, 1.807) is 0 Å². The lowest BCUT2D eigenvalue weighted by Crippen LogP contribution is -2.01. The molecule has 104 valence electrons. The summed E-state index contributed by atoms with van der Waals surface area (Å²) in [5.41, 5.74) is 4.62. The van der Waals surface area contributed by atoms with Crippen LogP contribution in [0.4, 0.5) is 0 Å². The van der Waals surface area contributed by atoms with Crippen molar-refractivity contribution in [2.24, 2.45) is 0 Å². The first kappa shape index (κ1) is 14.3. The molecule has 0 N–H and O–H groups in total. The van der Waals surface area contributed by atoms with Crippen LogP contribution in [-0.4, -0.2) is 0 Å². The first-order chi connectivity index (χ1) is 9.72. The van der Waals surface area contributed by atoms with Gasteiger partial charge in [-0.15, -0.1) is 0 Å². The summed E-state index contributed by atoms with van der Waals surface area (Å²) < 4.78 is 13.7. The lowest BCUT2D eigenvalue weighted by Gasteiger charge is -2.13. The Morgan fingerprint density at radius 2 is 1.10 bits per heavy atom. The van der Waals surface area contributed by atoms with Gasteiger partial charge in [0, 0.05) is 8.95 Å². The zero-order chi connectivity index (χ0) is 13.9. The van der Waals surface area contributed by atoms with E-state index < -0.39 is 0 Å². The van der Waals surface area contributed by atoms with Crippen molar-refractivity contribution in [2.45, 2.75) is 26.4 Å². The minimum atomic E-state index is 0.598. The first-order valence-corrected chi connectivity index (χ1v) is 8.01. The van der Waals surface area contributed by atoms with E-state index in [4.69, 9.17) is 9.47 Å². The molecule has 0 amide bonds. The molecule has 4 heteroatoms. The van der Waals surface area contributed by atoms with Crippen LogP contribution in [0.5, 0.6) is 0 Å². The van der Waals surface area contributed by atoms with Crippen molar-refractivity contribution in [1.82, 2.24) is 0 Å². The molecule has 0 spiro atoms. The van der Waals surface area contributed by atoms with Crippen molar-refractivity contribution in [2.75, 3.05) is 0 Å². The molecule has 2 aromatic carbocycles. The van der Waals surface area contributed by atoms with E-state index in [0.29, 0.717) is 26.4 Å². The van der Waals surface area contributed by atoms with E-state index in [1.165, 1.54) is 0 Å². The third kappa shape index (κ3) is 3.31. The van der Waals surface area contributed by atoms with Crippen molar-refractivity contribution in [3.63, 3.8) is 0 Å². The van der Waals surface area contributed by atoms with Gasteiger partial charge in [-0.1, -0.05) is 56.1 Å². The Kier molecular flexibility index (Phi) is 4.56. The highest BCUT2D eigenvalue weighted by Gasteiger charge is 2.07. The molecule has 0 radical (unpaired) electrons. The second-order valence-corrected chi connectivity index (χ2v) is 6.55. The molecule has 0 unspecified atom stereocenters. The van der Waals surface area contributed by atoms with Gasteiger partial charge in [-0.05, 0) is 34.4 Å². The highest BCUT2D eigenvalue weighted by Crippen LogP contribution is 2.24. The predicted molar refractivity (Wildman–Crippen MR) is 85.3 cm³/mol. The van der Waals surface area contributed by atoms with Crippen LogP contribution in [0.3, 0.4) is 0 Å². The van der Waals surface area contributed by atoms with Gasteiger partial charge in [0.1, 0.15) is 0 Å². The molecule has 20 heavy (non-hydrogen) atoms. The average Bonchev–Trinajstić information content (AvgIpc) is 2.43. The Balaban J connectivity index is 1.89. The first-order valence-electron chi connectivity index (χ1n) is 6.42. The van der Waals surface area contributed by atoms with Crippen LogP contribution < -0.4 is 0 Å². The predicted octanol–water partition coefficient (Wildman–Crippen LogP) is 4.96. The number of hydrogen-bond donors (Lipinski definition) is 0. The summed E-state index contributed by atoms with van der Waals surface area (Å²) in [6.45, 7) is 2.41. The van der Waals surface area contributed by atoms with Crippen molar-refractivity contribution in [1.29, 1.82) is 0 Å². The number of hydrogen-bond acceptors (Lipinski definition) is 2. The van der Waals surface area contributed by atoms with Gasteiger partial charge in [0.25, 0.3) is 0 Å². The van der Waals surface area contributed by atoms with Gasteiger partial charge in [0.15, 0.2) is 0 Å². The molecule has 2 nitrogen and oxygen atoms in total. The topological polar surface area (TPSA) is 18.5 Å². The number of rotatable bonds is 0. The second kappa shape index (κ2) is 6.39. The maximum absolute atomic E-state index is 5.79. The van der Waals surface area contributed by atoms with E-state index in [-0.39, 0.29) is 0 Å². The molecular formula is C16H14Br2O2. The van der Waals surface area contributed by atoms with E-state index >= 15 is 0 Å². The van der Waals surface area contributed by atoms with E-state index in [0.717, 1.165) is 31.2 Å². The molecule has 0 fully saturated rings. The molecule has 6 rings (SSSR count). The average molecular weight is 398 g/mol. The smallest absolute Gasteiger partial charge is 0.0732 e. The van der Waals surface area contributed by atoms with Gasteiger partial charge in [0.05, 0.1) is 26.4 Å². The normalized spacial score (nSPS) is 15.3. The third-order valence-electron chi connectivity index (χ3n) is 3.29. The Labute approximate surface area is 135 Å². The lowest BCUT2D eigenvalue weighted by atomic mass is 10.1. The molecule has 2 aromatic rings. The van der Waals surface area contributed by atoms with Gasteiger partial charge < -0.3 is 9.47 Å². The molecule has 4 bridgehead atoms. The van der Waals surface area contributed by atoms with Gasteiger partial charge in [-0.3, -0.25) is 0 Å². The largest absolute Gasteiger partial charge is 0.372 e. The number of ether oxygens (including phenoxy) is 2. The van der Waals surface area contributed by atoms with Crippen LogP contribution in [0.1, 0.15) is 22.3 Å². The Morgan fingerprint density at radius 3 is 1.50 bits per heavy atom. The zero-order valence-electron chi connectivity index (χ0n) is 10.9. The molecule has 0 aromatic heterocycles. The molecule has 0 aliphatic carbocycles. The zero-order valence-corrected chi connectivity index (χ0v) is 14.0. The Morgan fingerprint density at radius 1 is 0.650 bits per heavy atom. The van der Waals surface area contributed by atoms with Crippen molar-refractivity contribution >= 4 is 31.9 Å². The Hall–Kier alpha value is -0.680. The minimum absolute atomic E-state index is 0.598. The van der Waals surface area contributed by atoms with Crippen LogP contribution >= 0.6 is 31.9 Å². The second-order valence-electron chi connectivity index (χ2n) is 4.84. The number of halogens is 2. The fourth-order valence-electron chi connectivity index (χ4n) is 2.15. The SMILES string of the molecule is Brc1cc2ccc1COCc1ccc(c(Br)c1)COC2. The summed E-state index contributed by atoms with van der Waals surface area (Å²) in [5, 5.41) is 0. The molecule has 0 saturated heterocycles. The van der Waals surface area contributed by atoms with Crippen molar-refractivity contribution in [3.8, 4) is 0 Å². The van der Waals surface area contributed by atoms with Crippen molar-refractivity contribution < 1.29 is 9.47 Å². The van der Waals surface area contributed by atoms with Gasteiger partial charge >= 0.3 is 0 Å². The van der Waals surface area contributed by atoms with Crippen LogP contribution in [0, 0.1) is 0 Å². The summed E-state index contributed by atoms with van der Waals surface area (Å²) in [6.07, 6.45) is 0. The summed E-state index contributed by atoms with van der Waals surface area (Å²) in [4.78, 5) is 0. The fourth-order valence-corrected chi connectivity index (χ4v) is 3.23. The van der Waals surface area contributed by atoms with Crippen LogP contribution in [0.25, 0.3) is 0 Å². The van der Waals surface area contributed by atoms with Crippen LogP contribution in [0.15, 0.2) is 45.3 Å². The Bertz CT molecular complexity index is 570. The maximum atomic E-state index is 5.79. The molecule has 4 aliphatic rings.